The molecule has 1 aromatic rings. The Bertz CT molecular complexity index is 455. The first-order chi connectivity index (χ1) is 11.4. The van der Waals surface area contributed by atoms with Gasteiger partial charge in [0.05, 0.1) is 0 Å². The number of thioether (sulfide) groups is 1. The maximum Gasteiger partial charge on any atom is 0.191 e. The van der Waals surface area contributed by atoms with Gasteiger partial charge in [-0.15, -0.1) is 35.7 Å². The lowest BCUT2D eigenvalue weighted by atomic mass is 10.4. The highest BCUT2D eigenvalue weighted by atomic mass is 127. The van der Waals surface area contributed by atoms with E-state index < -0.39 is 0 Å². The second kappa shape index (κ2) is 13.8. The van der Waals surface area contributed by atoms with Gasteiger partial charge in [-0.2, -0.15) is 0 Å². The van der Waals surface area contributed by atoms with Crippen LogP contribution in [0.15, 0.2) is 40.2 Å². The van der Waals surface area contributed by atoms with Crippen LogP contribution in [0.5, 0.6) is 0 Å². The number of hydrogen-bond acceptors (Lipinski definition) is 3. The number of halogens is 1. The molecule has 1 aliphatic carbocycles. The van der Waals surface area contributed by atoms with Gasteiger partial charge in [0.1, 0.15) is 0 Å². The summed E-state index contributed by atoms with van der Waals surface area (Å²) in [6, 6.07) is 10.5. The van der Waals surface area contributed by atoms with Gasteiger partial charge in [0.2, 0.25) is 0 Å². The summed E-state index contributed by atoms with van der Waals surface area (Å²) in [6.45, 7) is 6.46. The number of nitrogens with zero attached hydrogens (tertiary/aromatic N) is 1. The smallest absolute Gasteiger partial charge is 0.191 e. The maximum absolute atomic E-state index is 5.63. The van der Waals surface area contributed by atoms with E-state index in [0.717, 1.165) is 56.9 Å². The van der Waals surface area contributed by atoms with Crippen LogP contribution >= 0.6 is 35.7 Å². The van der Waals surface area contributed by atoms with Gasteiger partial charge < -0.3 is 15.4 Å². The summed E-state index contributed by atoms with van der Waals surface area (Å²) >= 11 is 1.86. The van der Waals surface area contributed by atoms with Gasteiger partial charge in [0.15, 0.2) is 5.96 Å². The molecule has 0 aromatic heterocycles. The second-order valence-electron chi connectivity index (χ2n) is 5.72. The predicted molar refractivity (Wildman–Crippen MR) is 115 cm³/mol. The zero-order valence-corrected chi connectivity index (χ0v) is 17.6. The molecule has 1 aromatic carbocycles. The average molecular weight is 463 g/mol. The van der Waals surface area contributed by atoms with Gasteiger partial charge in [-0.3, -0.25) is 4.99 Å². The molecule has 0 heterocycles. The minimum absolute atomic E-state index is 0. The Kier molecular flexibility index (Phi) is 12.4. The number of aliphatic imine (C=N–C) groups is 1. The summed E-state index contributed by atoms with van der Waals surface area (Å²) in [5, 5.41) is 6.68. The van der Waals surface area contributed by atoms with Crippen LogP contribution in [0.25, 0.3) is 0 Å². The monoisotopic (exact) mass is 463 g/mol. The molecule has 0 bridgehead atoms. The van der Waals surface area contributed by atoms with Crippen LogP contribution in [-0.2, 0) is 4.74 Å². The Morgan fingerprint density at radius 1 is 1.25 bits per heavy atom. The van der Waals surface area contributed by atoms with Crippen molar-refractivity contribution >= 4 is 41.7 Å². The topological polar surface area (TPSA) is 45.7 Å². The van der Waals surface area contributed by atoms with Crippen LogP contribution in [-0.4, -0.2) is 44.6 Å². The molecule has 1 fully saturated rings. The molecular weight excluding hydrogens is 433 g/mol. The van der Waals surface area contributed by atoms with Crippen molar-refractivity contribution in [1.82, 2.24) is 10.6 Å². The number of ether oxygens (including phenoxy) is 1. The molecule has 6 heteroatoms. The number of benzene rings is 1. The maximum atomic E-state index is 5.63. The summed E-state index contributed by atoms with van der Waals surface area (Å²) in [5.74, 6) is 2.78. The number of nitrogens with one attached hydrogen (secondary N) is 2. The van der Waals surface area contributed by atoms with E-state index in [1.54, 1.807) is 0 Å². The lowest BCUT2D eigenvalue weighted by Gasteiger charge is -2.11. The van der Waals surface area contributed by atoms with Crippen LogP contribution in [0.3, 0.4) is 0 Å². The minimum atomic E-state index is 0. The lowest BCUT2D eigenvalue weighted by Crippen LogP contribution is -2.38. The van der Waals surface area contributed by atoms with Crippen LogP contribution in [0.2, 0.25) is 0 Å². The Labute approximate surface area is 167 Å². The van der Waals surface area contributed by atoms with Crippen molar-refractivity contribution in [1.29, 1.82) is 0 Å². The Balaban J connectivity index is 0.00000288. The highest BCUT2D eigenvalue weighted by Gasteiger charge is 2.20. The zero-order valence-electron chi connectivity index (χ0n) is 14.5. The van der Waals surface area contributed by atoms with Crippen molar-refractivity contribution in [3.8, 4) is 0 Å². The summed E-state index contributed by atoms with van der Waals surface area (Å²) in [4.78, 5) is 5.90. The van der Waals surface area contributed by atoms with Gasteiger partial charge in [-0.1, -0.05) is 18.2 Å². The van der Waals surface area contributed by atoms with E-state index in [1.165, 1.54) is 17.7 Å². The zero-order chi connectivity index (χ0) is 16.2. The highest BCUT2D eigenvalue weighted by molar-refractivity contribution is 14.0. The Morgan fingerprint density at radius 3 is 2.75 bits per heavy atom. The Hall–Kier alpha value is -0.470. The first-order valence-corrected chi connectivity index (χ1v) is 9.65. The molecule has 0 aliphatic heterocycles. The largest absolute Gasteiger partial charge is 0.381 e. The van der Waals surface area contributed by atoms with Crippen molar-refractivity contribution in [2.75, 3.05) is 38.6 Å². The first-order valence-electron chi connectivity index (χ1n) is 8.66. The van der Waals surface area contributed by atoms with Crippen LogP contribution in [0.1, 0.15) is 26.2 Å². The molecule has 0 radical (unpaired) electrons. The lowest BCUT2D eigenvalue weighted by molar-refractivity contribution is 0.123. The highest BCUT2D eigenvalue weighted by Crippen LogP contribution is 2.28. The first kappa shape index (κ1) is 21.6. The van der Waals surface area contributed by atoms with Gasteiger partial charge in [0.25, 0.3) is 0 Å². The molecule has 1 saturated carbocycles. The molecule has 136 valence electrons. The third-order valence-corrected chi connectivity index (χ3v) is 4.53. The van der Waals surface area contributed by atoms with Crippen molar-refractivity contribution in [3.63, 3.8) is 0 Å². The SMILES string of the molecule is CCNC(=NCCCOCC1CC1)NCCSc1ccccc1.I. The summed E-state index contributed by atoms with van der Waals surface area (Å²) in [5.41, 5.74) is 0. The normalized spacial score (nSPS) is 14.1. The van der Waals surface area contributed by atoms with Crippen LogP contribution in [0, 0.1) is 5.92 Å². The summed E-state index contributed by atoms with van der Waals surface area (Å²) in [6.07, 6.45) is 3.70. The molecule has 24 heavy (non-hydrogen) atoms. The molecule has 1 aliphatic rings. The Morgan fingerprint density at radius 2 is 2.04 bits per heavy atom. The van der Waals surface area contributed by atoms with Crippen LogP contribution in [0.4, 0.5) is 0 Å². The van der Waals surface area contributed by atoms with Gasteiger partial charge in [0, 0.05) is 43.5 Å². The molecule has 0 saturated heterocycles. The predicted octanol–water partition coefficient (Wildman–Crippen LogP) is 3.77. The third kappa shape index (κ3) is 10.4. The van der Waals surface area contributed by atoms with E-state index in [0.29, 0.717) is 0 Å². The van der Waals surface area contributed by atoms with Gasteiger partial charge in [-0.05, 0) is 44.2 Å². The van der Waals surface area contributed by atoms with E-state index in [2.05, 4.69) is 46.8 Å². The standard InChI is InChI=1S/C18H29N3OS.HI/c1-2-19-18(20-11-6-13-22-15-16-9-10-16)21-12-14-23-17-7-4-3-5-8-17;/h3-5,7-8,16H,2,6,9-15H2,1H3,(H2,19,20,21);1H. The van der Waals surface area contributed by atoms with E-state index in [-0.39, 0.29) is 24.0 Å². The molecule has 2 rings (SSSR count). The number of hydrogen-bond donors (Lipinski definition) is 2. The van der Waals surface area contributed by atoms with Gasteiger partial charge >= 0.3 is 0 Å². The molecule has 4 nitrogen and oxygen atoms in total. The van der Waals surface area contributed by atoms with E-state index >= 15 is 0 Å². The van der Waals surface area contributed by atoms with Crippen molar-refractivity contribution in [3.05, 3.63) is 30.3 Å². The molecule has 0 amide bonds. The minimum Gasteiger partial charge on any atom is -0.381 e. The quantitative estimate of drug-likeness (QED) is 0.173. The fourth-order valence-corrected chi connectivity index (χ4v) is 2.88. The third-order valence-electron chi connectivity index (χ3n) is 3.52. The molecule has 2 N–H and O–H groups in total. The van der Waals surface area contributed by atoms with Gasteiger partial charge in [-0.25, -0.2) is 0 Å². The molecule has 0 atom stereocenters. The average Bonchev–Trinajstić information content (AvgIpc) is 3.40. The van der Waals surface area contributed by atoms with Crippen molar-refractivity contribution in [2.24, 2.45) is 10.9 Å². The van der Waals surface area contributed by atoms with Crippen molar-refractivity contribution < 1.29 is 4.74 Å². The summed E-state index contributed by atoms with van der Waals surface area (Å²) < 4.78 is 5.63. The van der Waals surface area contributed by atoms with E-state index in [1.807, 2.05) is 17.8 Å². The van der Waals surface area contributed by atoms with Crippen molar-refractivity contribution in [2.45, 2.75) is 31.1 Å². The van der Waals surface area contributed by atoms with E-state index in [4.69, 9.17) is 4.74 Å². The fraction of sp³-hybridized carbons (Fsp3) is 0.611. The number of rotatable bonds is 11. The second-order valence-corrected chi connectivity index (χ2v) is 6.89. The summed E-state index contributed by atoms with van der Waals surface area (Å²) in [7, 11) is 0. The molecular formula is C18H30IN3OS. The van der Waals surface area contributed by atoms with E-state index in [9.17, 15) is 0 Å². The number of guanidine groups is 1. The molecule has 0 unspecified atom stereocenters. The fourth-order valence-electron chi connectivity index (χ4n) is 2.09. The van der Waals surface area contributed by atoms with Crippen LogP contribution < -0.4 is 10.6 Å². The molecule has 0 spiro atoms.